The third-order valence-corrected chi connectivity index (χ3v) is 11.5. The summed E-state index contributed by atoms with van der Waals surface area (Å²) >= 11 is 0. The second-order valence-electron chi connectivity index (χ2n) is 7.65. The Morgan fingerprint density at radius 1 is 1.04 bits per heavy atom. The van der Waals surface area contributed by atoms with Gasteiger partial charge in [0, 0.05) is 10.9 Å². The molecule has 0 fully saturated rings. The van der Waals surface area contributed by atoms with Crippen molar-refractivity contribution in [2.24, 2.45) is 0 Å². The van der Waals surface area contributed by atoms with E-state index in [4.69, 9.17) is 9.52 Å². The molecule has 0 bridgehead atoms. The smallest absolute Gasteiger partial charge is 0.351 e. The number of hydrogen-bond acceptors (Lipinski definition) is 3. The SMILES string of the molecule is CC(C)[Si](C#Cc1ccc2oc(=O)c(C(=O)O)cc2c1)(C(C)C)C(C)C. The summed E-state index contributed by atoms with van der Waals surface area (Å²) in [5.41, 5.74) is 5.22. The Bertz CT molecular complexity index is 920. The maximum absolute atomic E-state index is 11.7. The van der Waals surface area contributed by atoms with Gasteiger partial charge in [-0.25, -0.2) is 9.59 Å². The molecule has 4 nitrogen and oxygen atoms in total. The quantitative estimate of drug-likeness (QED) is 0.464. The second kappa shape index (κ2) is 7.51. The van der Waals surface area contributed by atoms with Crippen molar-refractivity contribution >= 4 is 25.0 Å². The molecule has 1 N–H and O–H groups in total. The zero-order valence-electron chi connectivity index (χ0n) is 16.2. The number of carboxylic acids is 1. The van der Waals surface area contributed by atoms with Crippen molar-refractivity contribution in [1.82, 2.24) is 0 Å². The summed E-state index contributed by atoms with van der Waals surface area (Å²) < 4.78 is 5.09. The zero-order chi connectivity index (χ0) is 19.6. The van der Waals surface area contributed by atoms with Crippen LogP contribution in [-0.2, 0) is 0 Å². The highest BCUT2D eigenvalue weighted by molar-refractivity contribution is 6.90. The fraction of sp³-hybridized carbons (Fsp3) is 0.429. The third-order valence-electron chi connectivity index (χ3n) is 5.25. The molecular formula is C21H26O4Si. The first kappa shape index (κ1) is 20.0. The Labute approximate surface area is 155 Å². The van der Waals surface area contributed by atoms with E-state index in [1.807, 2.05) is 6.07 Å². The van der Waals surface area contributed by atoms with Crippen molar-refractivity contribution in [3.63, 3.8) is 0 Å². The molecule has 0 spiro atoms. The minimum Gasteiger partial charge on any atom is -0.477 e. The summed E-state index contributed by atoms with van der Waals surface area (Å²) in [6.07, 6.45) is 0. The van der Waals surface area contributed by atoms with Crippen LogP contribution in [0.2, 0.25) is 16.6 Å². The standard InChI is InChI=1S/C21H26O4Si/c1-13(2)26(14(3)4,15(5)6)10-9-16-7-8-19-17(11-16)12-18(20(22)23)21(24)25-19/h7-8,11-15H,1-6H3,(H,22,23). The van der Waals surface area contributed by atoms with Crippen molar-refractivity contribution in [3.05, 3.63) is 45.8 Å². The monoisotopic (exact) mass is 370 g/mol. The van der Waals surface area contributed by atoms with Gasteiger partial charge in [0.25, 0.3) is 0 Å². The predicted molar refractivity (Wildman–Crippen MR) is 107 cm³/mol. The van der Waals surface area contributed by atoms with E-state index in [1.54, 1.807) is 12.1 Å². The van der Waals surface area contributed by atoms with Crippen LogP contribution in [0.1, 0.15) is 57.5 Å². The third kappa shape index (κ3) is 3.61. The van der Waals surface area contributed by atoms with Gasteiger partial charge in [-0.05, 0) is 40.9 Å². The summed E-state index contributed by atoms with van der Waals surface area (Å²) in [7, 11) is -1.84. The average Bonchev–Trinajstić information content (AvgIpc) is 2.53. The van der Waals surface area contributed by atoms with Crippen molar-refractivity contribution in [2.45, 2.75) is 58.2 Å². The van der Waals surface area contributed by atoms with Crippen LogP contribution >= 0.6 is 0 Å². The number of rotatable bonds is 4. The van der Waals surface area contributed by atoms with Gasteiger partial charge in [-0.1, -0.05) is 47.5 Å². The molecule has 1 aromatic heterocycles. The van der Waals surface area contributed by atoms with Crippen LogP contribution in [0.4, 0.5) is 0 Å². The number of carboxylic acid groups (broad SMARTS) is 1. The zero-order valence-corrected chi connectivity index (χ0v) is 17.2. The molecule has 2 rings (SSSR count). The fourth-order valence-corrected chi connectivity index (χ4v) is 9.19. The van der Waals surface area contributed by atoms with E-state index in [2.05, 4.69) is 53.0 Å². The van der Waals surface area contributed by atoms with E-state index in [1.165, 1.54) is 6.07 Å². The van der Waals surface area contributed by atoms with Gasteiger partial charge in [0.15, 0.2) is 0 Å². The molecular weight excluding hydrogens is 344 g/mol. The fourth-order valence-electron chi connectivity index (χ4n) is 3.96. The van der Waals surface area contributed by atoms with Gasteiger partial charge in [0.2, 0.25) is 0 Å². The molecule has 0 amide bonds. The average molecular weight is 371 g/mol. The molecule has 0 radical (unpaired) electrons. The first-order valence-electron chi connectivity index (χ1n) is 8.94. The lowest BCUT2D eigenvalue weighted by Crippen LogP contribution is -2.43. The van der Waals surface area contributed by atoms with E-state index in [-0.39, 0.29) is 5.56 Å². The lowest BCUT2D eigenvalue weighted by atomic mass is 10.1. The number of benzene rings is 1. The van der Waals surface area contributed by atoms with Gasteiger partial charge in [0.05, 0.1) is 0 Å². The highest BCUT2D eigenvalue weighted by Gasteiger charge is 2.41. The number of hydrogen-bond donors (Lipinski definition) is 1. The van der Waals surface area contributed by atoms with Crippen LogP contribution in [0.15, 0.2) is 33.5 Å². The second-order valence-corrected chi connectivity index (χ2v) is 13.2. The molecule has 0 aliphatic carbocycles. The van der Waals surface area contributed by atoms with E-state index < -0.39 is 19.7 Å². The van der Waals surface area contributed by atoms with Gasteiger partial charge >= 0.3 is 11.6 Å². The summed E-state index contributed by atoms with van der Waals surface area (Å²) in [4.78, 5) is 22.8. The Kier molecular flexibility index (Phi) is 5.77. The molecule has 0 saturated carbocycles. The van der Waals surface area contributed by atoms with Crippen LogP contribution in [0, 0.1) is 11.5 Å². The highest BCUT2D eigenvalue weighted by Crippen LogP contribution is 2.40. The van der Waals surface area contributed by atoms with Crippen LogP contribution in [0.3, 0.4) is 0 Å². The highest BCUT2D eigenvalue weighted by atomic mass is 28.3. The van der Waals surface area contributed by atoms with Gasteiger partial charge < -0.3 is 9.52 Å². The number of fused-ring (bicyclic) bond motifs is 1. The Morgan fingerprint density at radius 2 is 1.62 bits per heavy atom. The van der Waals surface area contributed by atoms with Crippen LogP contribution < -0.4 is 5.63 Å². The predicted octanol–water partition coefficient (Wildman–Crippen LogP) is 5.06. The van der Waals surface area contributed by atoms with Crippen LogP contribution in [-0.4, -0.2) is 19.1 Å². The topological polar surface area (TPSA) is 67.5 Å². The summed E-state index contributed by atoms with van der Waals surface area (Å²) in [6, 6.07) is 6.64. The van der Waals surface area contributed by atoms with Crippen molar-refractivity contribution in [2.75, 3.05) is 0 Å². The minimum atomic E-state index is -1.84. The van der Waals surface area contributed by atoms with Crippen molar-refractivity contribution in [3.8, 4) is 11.5 Å². The molecule has 2 aromatic rings. The van der Waals surface area contributed by atoms with E-state index in [9.17, 15) is 9.59 Å². The summed E-state index contributed by atoms with van der Waals surface area (Å²) in [5, 5.41) is 9.67. The van der Waals surface area contributed by atoms with Gasteiger partial charge in [-0.2, -0.15) is 0 Å². The number of aromatic carboxylic acids is 1. The van der Waals surface area contributed by atoms with Gasteiger partial charge in [-0.15, -0.1) is 5.54 Å². The molecule has 0 atom stereocenters. The Hall–Kier alpha value is -2.32. The van der Waals surface area contributed by atoms with E-state index in [0.29, 0.717) is 27.6 Å². The first-order chi connectivity index (χ1) is 12.1. The van der Waals surface area contributed by atoms with Gasteiger partial charge in [-0.3, -0.25) is 0 Å². The maximum atomic E-state index is 11.7. The lowest BCUT2D eigenvalue weighted by Gasteiger charge is -2.38. The maximum Gasteiger partial charge on any atom is 0.351 e. The first-order valence-corrected chi connectivity index (χ1v) is 11.2. The summed E-state index contributed by atoms with van der Waals surface area (Å²) in [5.74, 6) is 2.04. The molecule has 5 heteroatoms. The Balaban J connectivity index is 2.58. The van der Waals surface area contributed by atoms with Crippen LogP contribution in [0.25, 0.3) is 11.0 Å². The van der Waals surface area contributed by atoms with Gasteiger partial charge in [0.1, 0.15) is 19.2 Å². The molecule has 26 heavy (non-hydrogen) atoms. The molecule has 0 unspecified atom stereocenters. The van der Waals surface area contributed by atoms with E-state index >= 15 is 0 Å². The molecule has 1 aromatic carbocycles. The minimum absolute atomic E-state index is 0.363. The van der Waals surface area contributed by atoms with Crippen molar-refractivity contribution in [1.29, 1.82) is 0 Å². The normalized spacial score (nSPS) is 11.9. The lowest BCUT2D eigenvalue weighted by molar-refractivity contribution is 0.0692. The molecule has 1 heterocycles. The van der Waals surface area contributed by atoms with E-state index in [0.717, 1.165) is 5.56 Å². The largest absolute Gasteiger partial charge is 0.477 e. The molecule has 0 aliphatic heterocycles. The summed E-state index contributed by atoms with van der Waals surface area (Å²) in [6.45, 7) is 13.6. The molecule has 138 valence electrons. The Morgan fingerprint density at radius 3 is 2.12 bits per heavy atom. The molecule has 0 aliphatic rings. The molecule has 0 saturated heterocycles. The number of carbonyl (C=O) groups is 1. The van der Waals surface area contributed by atoms with Crippen molar-refractivity contribution < 1.29 is 14.3 Å². The van der Waals surface area contributed by atoms with Crippen LogP contribution in [0.5, 0.6) is 0 Å².